The fourth-order valence-corrected chi connectivity index (χ4v) is 3.13. The van der Waals surface area contributed by atoms with E-state index in [1.165, 1.54) is 0 Å². The van der Waals surface area contributed by atoms with Crippen molar-refractivity contribution in [2.75, 3.05) is 20.3 Å². The molecule has 28 heavy (non-hydrogen) atoms. The Hall–Kier alpha value is -2.89. The Balaban J connectivity index is 1.63. The number of nitrogens with one attached hydrogen (secondary N) is 2. The molecule has 1 aliphatic heterocycles. The molecular weight excluding hydrogens is 356 g/mol. The van der Waals surface area contributed by atoms with Gasteiger partial charge in [-0.3, -0.25) is 0 Å². The summed E-state index contributed by atoms with van der Waals surface area (Å²) in [4.78, 5) is 12.5. The highest BCUT2D eigenvalue weighted by molar-refractivity contribution is 5.74. The standard InChI is InChI=1S/C22H28N2O4/c1-15(2)21(17-7-10-19-20(13-17)28-12-4-11-27-19)24-22(25)23-14-16-5-8-18(26-3)9-6-16/h5-10,13,15,21H,4,11-12,14H2,1-3H3,(H2,23,24,25)/t21-/m1/s1. The zero-order chi connectivity index (χ0) is 19.9. The van der Waals surface area contributed by atoms with Crippen molar-refractivity contribution in [3.8, 4) is 17.2 Å². The molecule has 0 fully saturated rings. The maximum Gasteiger partial charge on any atom is 0.315 e. The summed E-state index contributed by atoms with van der Waals surface area (Å²) in [7, 11) is 1.63. The van der Waals surface area contributed by atoms with Crippen molar-refractivity contribution in [1.82, 2.24) is 10.6 Å². The largest absolute Gasteiger partial charge is 0.497 e. The second kappa shape index (κ2) is 9.35. The first-order chi connectivity index (χ1) is 13.6. The van der Waals surface area contributed by atoms with Gasteiger partial charge in [-0.25, -0.2) is 4.79 Å². The Kier molecular flexibility index (Phi) is 6.63. The van der Waals surface area contributed by atoms with E-state index < -0.39 is 0 Å². The molecule has 0 spiro atoms. The summed E-state index contributed by atoms with van der Waals surface area (Å²) >= 11 is 0. The minimum absolute atomic E-state index is 0.131. The van der Waals surface area contributed by atoms with Gasteiger partial charge < -0.3 is 24.8 Å². The highest BCUT2D eigenvalue weighted by Gasteiger charge is 2.21. The Morgan fingerprint density at radius 2 is 1.79 bits per heavy atom. The molecule has 1 atom stereocenters. The number of carbonyl (C=O) groups excluding carboxylic acids is 1. The number of rotatable bonds is 6. The van der Waals surface area contributed by atoms with Crippen LogP contribution in [0.25, 0.3) is 0 Å². The van der Waals surface area contributed by atoms with Gasteiger partial charge in [0.15, 0.2) is 11.5 Å². The molecule has 2 aromatic carbocycles. The van der Waals surface area contributed by atoms with Crippen molar-refractivity contribution < 1.29 is 19.0 Å². The third kappa shape index (κ3) is 5.09. The highest BCUT2D eigenvalue weighted by Crippen LogP contribution is 2.34. The van der Waals surface area contributed by atoms with Crippen molar-refractivity contribution in [3.63, 3.8) is 0 Å². The molecule has 0 saturated carbocycles. The van der Waals surface area contributed by atoms with Gasteiger partial charge >= 0.3 is 6.03 Å². The first-order valence-electron chi connectivity index (χ1n) is 9.63. The Labute approximate surface area is 166 Å². The average molecular weight is 384 g/mol. The van der Waals surface area contributed by atoms with E-state index in [0.717, 1.165) is 34.8 Å². The van der Waals surface area contributed by atoms with Gasteiger partial charge in [-0.2, -0.15) is 0 Å². The molecule has 2 N–H and O–H groups in total. The summed E-state index contributed by atoms with van der Waals surface area (Å²) in [5.74, 6) is 2.51. The smallest absolute Gasteiger partial charge is 0.315 e. The molecule has 3 rings (SSSR count). The van der Waals surface area contributed by atoms with Gasteiger partial charge in [-0.15, -0.1) is 0 Å². The molecule has 1 aliphatic rings. The van der Waals surface area contributed by atoms with Crippen LogP contribution < -0.4 is 24.8 Å². The van der Waals surface area contributed by atoms with Crippen LogP contribution in [0.4, 0.5) is 4.79 Å². The summed E-state index contributed by atoms with van der Waals surface area (Å²) < 4.78 is 16.6. The van der Waals surface area contributed by atoms with Crippen LogP contribution in [-0.4, -0.2) is 26.4 Å². The van der Waals surface area contributed by atoms with Gasteiger partial charge in [0.2, 0.25) is 0 Å². The fourth-order valence-electron chi connectivity index (χ4n) is 3.13. The molecule has 1 heterocycles. The fraction of sp³-hybridized carbons (Fsp3) is 0.409. The second-order valence-electron chi connectivity index (χ2n) is 7.15. The van der Waals surface area contributed by atoms with Crippen LogP contribution in [0, 0.1) is 5.92 Å². The van der Waals surface area contributed by atoms with E-state index in [1.807, 2.05) is 42.5 Å². The molecule has 0 aromatic heterocycles. The molecule has 0 saturated heterocycles. The van der Waals surface area contributed by atoms with Gasteiger partial charge in [-0.1, -0.05) is 32.0 Å². The quantitative estimate of drug-likeness (QED) is 0.788. The van der Waals surface area contributed by atoms with Gasteiger partial charge in [0.05, 0.1) is 26.4 Å². The molecule has 0 bridgehead atoms. The number of methoxy groups -OCH3 is 1. The first kappa shape index (κ1) is 19.9. The SMILES string of the molecule is COc1ccc(CNC(=O)N[C@@H](c2ccc3c(c2)OCCCO3)C(C)C)cc1. The summed E-state index contributed by atoms with van der Waals surface area (Å²) in [6.45, 7) is 5.90. The van der Waals surface area contributed by atoms with E-state index in [0.29, 0.717) is 19.8 Å². The van der Waals surface area contributed by atoms with Crippen LogP contribution in [-0.2, 0) is 6.54 Å². The van der Waals surface area contributed by atoms with Crippen LogP contribution >= 0.6 is 0 Å². The Bertz CT molecular complexity index is 790. The van der Waals surface area contributed by atoms with Gasteiger partial charge in [0, 0.05) is 13.0 Å². The second-order valence-corrected chi connectivity index (χ2v) is 7.15. The molecule has 6 nitrogen and oxygen atoms in total. The van der Waals surface area contributed by atoms with Crippen LogP contribution in [0.1, 0.15) is 37.4 Å². The van der Waals surface area contributed by atoms with E-state index in [1.54, 1.807) is 7.11 Å². The average Bonchev–Trinajstić information content (AvgIpc) is 2.95. The van der Waals surface area contributed by atoms with Crippen molar-refractivity contribution in [2.45, 2.75) is 32.9 Å². The number of ether oxygens (including phenoxy) is 3. The lowest BCUT2D eigenvalue weighted by Crippen LogP contribution is -2.39. The minimum Gasteiger partial charge on any atom is -0.497 e. The Morgan fingerprint density at radius 1 is 1.07 bits per heavy atom. The van der Waals surface area contributed by atoms with Crippen molar-refractivity contribution in [1.29, 1.82) is 0 Å². The van der Waals surface area contributed by atoms with E-state index >= 15 is 0 Å². The zero-order valence-electron chi connectivity index (χ0n) is 16.7. The van der Waals surface area contributed by atoms with Gasteiger partial charge in [0.1, 0.15) is 5.75 Å². The zero-order valence-corrected chi connectivity index (χ0v) is 16.7. The molecule has 2 aromatic rings. The molecule has 0 aliphatic carbocycles. The van der Waals surface area contributed by atoms with Gasteiger partial charge in [0.25, 0.3) is 0 Å². The predicted octanol–water partition coefficient (Wildman–Crippen LogP) is 4.05. The molecule has 2 amide bonds. The molecule has 0 radical (unpaired) electrons. The monoisotopic (exact) mass is 384 g/mol. The van der Waals surface area contributed by atoms with Crippen LogP contribution in [0.5, 0.6) is 17.2 Å². The predicted molar refractivity (Wildman–Crippen MR) is 108 cm³/mol. The molecule has 0 unspecified atom stereocenters. The van der Waals surface area contributed by atoms with Gasteiger partial charge in [-0.05, 0) is 41.3 Å². The Morgan fingerprint density at radius 3 is 2.46 bits per heavy atom. The number of fused-ring (bicyclic) bond motifs is 1. The van der Waals surface area contributed by atoms with Crippen LogP contribution in [0.2, 0.25) is 0 Å². The van der Waals surface area contributed by atoms with E-state index in [-0.39, 0.29) is 18.0 Å². The number of hydrogen-bond acceptors (Lipinski definition) is 4. The molecular formula is C22H28N2O4. The summed E-state index contributed by atoms with van der Waals surface area (Å²) in [6, 6.07) is 13.2. The summed E-state index contributed by atoms with van der Waals surface area (Å²) in [5, 5.41) is 5.99. The summed E-state index contributed by atoms with van der Waals surface area (Å²) in [6.07, 6.45) is 0.865. The van der Waals surface area contributed by atoms with E-state index in [2.05, 4.69) is 24.5 Å². The minimum atomic E-state index is -0.207. The van der Waals surface area contributed by atoms with E-state index in [9.17, 15) is 4.79 Å². The topological polar surface area (TPSA) is 68.8 Å². The highest BCUT2D eigenvalue weighted by atomic mass is 16.5. The third-order valence-electron chi connectivity index (χ3n) is 4.70. The molecule has 150 valence electrons. The molecule has 6 heteroatoms. The summed E-state index contributed by atoms with van der Waals surface area (Å²) in [5.41, 5.74) is 2.01. The lowest BCUT2D eigenvalue weighted by Gasteiger charge is -2.24. The number of amides is 2. The number of hydrogen-bond donors (Lipinski definition) is 2. The van der Waals surface area contributed by atoms with E-state index in [4.69, 9.17) is 14.2 Å². The maximum absolute atomic E-state index is 12.5. The van der Waals surface area contributed by atoms with Crippen LogP contribution in [0.3, 0.4) is 0 Å². The number of urea groups is 1. The van der Waals surface area contributed by atoms with Crippen molar-refractivity contribution in [3.05, 3.63) is 53.6 Å². The lowest BCUT2D eigenvalue weighted by molar-refractivity contribution is 0.232. The number of benzene rings is 2. The maximum atomic E-state index is 12.5. The third-order valence-corrected chi connectivity index (χ3v) is 4.70. The normalized spacial score (nSPS) is 14.1. The first-order valence-corrected chi connectivity index (χ1v) is 9.63. The van der Waals surface area contributed by atoms with Crippen LogP contribution in [0.15, 0.2) is 42.5 Å². The lowest BCUT2D eigenvalue weighted by atomic mass is 9.96. The number of carbonyl (C=O) groups is 1. The van der Waals surface area contributed by atoms with Crippen molar-refractivity contribution >= 4 is 6.03 Å². The van der Waals surface area contributed by atoms with Crippen molar-refractivity contribution in [2.24, 2.45) is 5.92 Å².